The van der Waals surface area contributed by atoms with E-state index < -0.39 is 23.7 Å². The minimum atomic E-state index is -0.936. The molecule has 0 radical (unpaired) electrons. The lowest BCUT2D eigenvalue weighted by molar-refractivity contribution is -0.133. The Morgan fingerprint density at radius 2 is 1.90 bits per heavy atom. The van der Waals surface area contributed by atoms with E-state index in [1.54, 1.807) is 12.1 Å². The molecule has 29 heavy (non-hydrogen) atoms. The fraction of sp³-hybridized carbons (Fsp3) is 0.200. The van der Waals surface area contributed by atoms with E-state index in [0.29, 0.717) is 16.7 Å². The van der Waals surface area contributed by atoms with E-state index >= 15 is 0 Å². The topological polar surface area (TPSA) is 102 Å². The molecule has 3 rings (SSSR count). The second kappa shape index (κ2) is 8.51. The largest absolute Gasteiger partial charge is 0.481 e. The fourth-order valence-electron chi connectivity index (χ4n) is 2.65. The Hall–Kier alpha value is -3.75. The van der Waals surface area contributed by atoms with Crippen LogP contribution in [0.3, 0.4) is 0 Å². The summed E-state index contributed by atoms with van der Waals surface area (Å²) in [4.78, 5) is 40.9. The molecule has 2 aromatic carbocycles. The lowest BCUT2D eigenvalue weighted by atomic mass is 10.1. The van der Waals surface area contributed by atoms with Crippen LogP contribution in [0.5, 0.6) is 5.75 Å². The number of benzene rings is 2. The van der Waals surface area contributed by atoms with Crippen LogP contribution in [-0.2, 0) is 16.1 Å². The zero-order valence-corrected chi connectivity index (χ0v) is 15.8. The second-order valence-corrected chi connectivity index (χ2v) is 6.40. The van der Waals surface area contributed by atoms with E-state index in [1.807, 2.05) is 13.0 Å². The predicted molar refractivity (Wildman–Crippen MR) is 104 cm³/mol. The van der Waals surface area contributed by atoms with Crippen molar-refractivity contribution in [2.45, 2.75) is 26.5 Å². The molecule has 2 amide bonds. The minimum Gasteiger partial charge on any atom is -0.481 e. The fourth-order valence-corrected chi connectivity index (χ4v) is 2.65. The number of halogens is 1. The maximum atomic E-state index is 12.9. The van der Waals surface area contributed by atoms with Crippen LogP contribution < -0.4 is 21.1 Å². The van der Waals surface area contributed by atoms with Gasteiger partial charge < -0.3 is 4.74 Å². The van der Waals surface area contributed by atoms with Gasteiger partial charge in [0.25, 0.3) is 17.4 Å². The van der Waals surface area contributed by atoms with Crippen LogP contribution in [0.4, 0.5) is 4.39 Å². The van der Waals surface area contributed by atoms with E-state index in [9.17, 15) is 18.8 Å². The highest BCUT2D eigenvalue weighted by atomic mass is 19.1. The Balaban J connectivity index is 1.57. The second-order valence-electron chi connectivity index (χ2n) is 6.40. The molecule has 8 nitrogen and oxygen atoms in total. The molecular weight excluding hydrogens is 379 g/mol. The first-order valence-corrected chi connectivity index (χ1v) is 8.81. The summed E-state index contributed by atoms with van der Waals surface area (Å²) < 4.78 is 19.4. The molecule has 0 spiro atoms. The van der Waals surface area contributed by atoms with Gasteiger partial charge in [0.2, 0.25) is 0 Å². The van der Waals surface area contributed by atoms with E-state index in [-0.39, 0.29) is 12.1 Å². The zero-order valence-electron chi connectivity index (χ0n) is 15.8. The number of ether oxygens (including phenoxy) is 1. The lowest BCUT2D eigenvalue weighted by Gasteiger charge is -2.15. The molecule has 1 atom stereocenters. The Labute approximate surface area is 165 Å². The monoisotopic (exact) mass is 398 g/mol. The van der Waals surface area contributed by atoms with Crippen LogP contribution >= 0.6 is 0 Å². The molecule has 3 aromatic rings. The number of rotatable bonds is 5. The van der Waals surface area contributed by atoms with Gasteiger partial charge in [-0.1, -0.05) is 12.1 Å². The molecule has 0 fully saturated rings. The number of nitrogens with zero attached hydrogens (tertiary/aromatic N) is 2. The summed E-state index contributed by atoms with van der Waals surface area (Å²) in [5, 5.41) is 0.408. The van der Waals surface area contributed by atoms with Crippen molar-refractivity contribution < 1.29 is 18.7 Å². The molecule has 0 saturated carbocycles. The first-order valence-electron chi connectivity index (χ1n) is 8.81. The molecule has 1 unspecified atom stereocenters. The van der Waals surface area contributed by atoms with E-state index in [2.05, 4.69) is 15.8 Å². The number of fused-ring (bicyclic) bond motifs is 1. The highest BCUT2D eigenvalue weighted by Crippen LogP contribution is 2.13. The minimum absolute atomic E-state index is 0.310. The Morgan fingerprint density at radius 1 is 1.17 bits per heavy atom. The maximum Gasteiger partial charge on any atom is 0.279 e. The van der Waals surface area contributed by atoms with E-state index in [4.69, 9.17) is 4.74 Å². The van der Waals surface area contributed by atoms with Crippen molar-refractivity contribution in [1.82, 2.24) is 20.4 Å². The van der Waals surface area contributed by atoms with Gasteiger partial charge in [0, 0.05) is 0 Å². The Morgan fingerprint density at radius 3 is 2.62 bits per heavy atom. The molecule has 2 N–H and O–H groups in total. The number of amides is 2. The van der Waals surface area contributed by atoms with Crippen molar-refractivity contribution in [3.05, 3.63) is 70.5 Å². The van der Waals surface area contributed by atoms with Gasteiger partial charge >= 0.3 is 0 Å². The average molecular weight is 398 g/mol. The summed E-state index contributed by atoms with van der Waals surface area (Å²) in [6, 6.07) is 10.4. The van der Waals surface area contributed by atoms with Gasteiger partial charge in [0.15, 0.2) is 6.10 Å². The summed E-state index contributed by atoms with van der Waals surface area (Å²) in [5.74, 6) is -1.33. The van der Waals surface area contributed by atoms with Crippen molar-refractivity contribution in [3.63, 3.8) is 0 Å². The highest BCUT2D eigenvalue weighted by Gasteiger charge is 2.16. The molecule has 1 aromatic heterocycles. The molecule has 0 aliphatic rings. The van der Waals surface area contributed by atoms with Gasteiger partial charge in [-0.05, 0) is 49.7 Å². The number of carbonyl (C=O) groups is 2. The molecule has 0 aliphatic heterocycles. The Kier molecular flexibility index (Phi) is 5.87. The standard InChI is InChI=1S/C20H19FN4O4/c1-12-4-3-5-16-18(12)22-11-25(20(16)28)10-17(26)23-24-19(27)13(2)29-15-8-6-14(21)7-9-15/h3-9,11,13H,10H2,1-2H3,(H,23,26)(H,24,27). The normalized spacial score (nSPS) is 11.7. The maximum absolute atomic E-state index is 12.9. The number of hydrazine groups is 1. The van der Waals surface area contributed by atoms with E-state index in [1.165, 1.54) is 37.5 Å². The molecule has 9 heteroatoms. The van der Waals surface area contributed by atoms with Gasteiger partial charge in [0.05, 0.1) is 17.2 Å². The molecular formula is C20H19FN4O4. The number of nitrogens with one attached hydrogen (secondary N) is 2. The summed E-state index contributed by atoms with van der Waals surface area (Å²) in [6.45, 7) is 3.00. The predicted octanol–water partition coefficient (Wildman–Crippen LogP) is 1.46. The van der Waals surface area contributed by atoms with Gasteiger partial charge in [-0.25, -0.2) is 9.37 Å². The van der Waals surface area contributed by atoms with Crippen LogP contribution in [-0.4, -0.2) is 27.5 Å². The van der Waals surface area contributed by atoms with Crippen LogP contribution in [0.25, 0.3) is 10.9 Å². The van der Waals surface area contributed by atoms with Gasteiger partial charge in [-0.3, -0.25) is 29.8 Å². The third kappa shape index (κ3) is 4.75. The quantitative estimate of drug-likeness (QED) is 0.634. The van der Waals surface area contributed by atoms with Crippen molar-refractivity contribution >= 4 is 22.7 Å². The van der Waals surface area contributed by atoms with Crippen LogP contribution in [0.15, 0.2) is 53.6 Å². The summed E-state index contributed by atoms with van der Waals surface area (Å²) in [6.07, 6.45) is 0.355. The number of para-hydroxylation sites is 1. The Bertz CT molecular complexity index is 1110. The number of hydrogen-bond donors (Lipinski definition) is 2. The number of carbonyl (C=O) groups excluding carboxylic acids is 2. The smallest absolute Gasteiger partial charge is 0.279 e. The highest BCUT2D eigenvalue weighted by molar-refractivity contribution is 5.85. The van der Waals surface area contributed by atoms with Crippen molar-refractivity contribution in [2.24, 2.45) is 0 Å². The number of hydrogen-bond acceptors (Lipinski definition) is 5. The molecule has 0 aliphatic carbocycles. The average Bonchev–Trinajstić information content (AvgIpc) is 2.70. The number of aromatic nitrogens is 2. The van der Waals surface area contributed by atoms with Crippen LogP contribution in [0.1, 0.15) is 12.5 Å². The third-order valence-electron chi connectivity index (χ3n) is 4.19. The lowest BCUT2D eigenvalue weighted by Crippen LogP contribution is -2.48. The SMILES string of the molecule is Cc1cccc2c(=O)n(CC(=O)NNC(=O)C(C)Oc3ccc(F)cc3)cnc12. The summed E-state index contributed by atoms with van der Waals surface area (Å²) in [5.41, 5.74) is 5.54. The zero-order chi connectivity index (χ0) is 21.0. The molecule has 0 saturated heterocycles. The summed E-state index contributed by atoms with van der Waals surface area (Å²) in [7, 11) is 0. The van der Waals surface area contributed by atoms with Gasteiger partial charge in [-0.15, -0.1) is 0 Å². The van der Waals surface area contributed by atoms with Crippen LogP contribution in [0.2, 0.25) is 0 Å². The molecule has 1 heterocycles. The molecule has 150 valence electrons. The van der Waals surface area contributed by atoms with Crippen molar-refractivity contribution in [3.8, 4) is 5.75 Å². The first-order chi connectivity index (χ1) is 13.8. The summed E-state index contributed by atoms with van der Waals surface area (Å²) >= 11 is 0. The van der Waals surface area contributed by atoms with Gasteiger partial charge in [-0.2, -0.15) is 0 Å². The van der Waals surface area contributed by atoms with Crippen molar-refractivity contribution in [2.75, 3.05) is 0 Å². The van der Waals surface area contributed by atoms with Gasteiger partial charge in [0.1, 0.15) is 18.1 Å². The first kappa shape index (κ1) is 20.0. The number of aryl methyl sites for hydroxylation is 1. The van der Waals surface area contributed by atoms with E-state index in [0.717, 1.165) is 10.1 Å². The third-order valence-corrected chi connectivity index (χ3v) is 4.19. The van der Waals surface area contributed by atoms with Crippen LogP contribution in [0, 0.1) is 12.7 Å². The molecule has 0 bridgehead atoms. The van der Waals surface area contributed by atoms with Crippen molar-refractivity contribution in [1.29, 1.82) is 0 Å².